The van der Waals surface area contributed by atoms with Gasteiger partial charge in [-0.25, -0.2) is 29.9 Å². The lowest BCUT2D eigenvalue weighted by Gasteiger charge is -2.39. The lowest BCUT2D eigenvalue weighted by Crippen LogP contribution is -2.32. The van der Waals surface area contributed by atoms with Gasteiger partial charge in [0, 0.05) is 66.4 Å². The zero-order chi connectivity index (χ0) is 66.3. The van der Waals surface area contributed by atoms with Gasteiger partial charge in [0.15, 0.2) is 34.9 Å². The SMILES string of the molecule is c1ccc(-c2nc(-c3ccc4c(c3)Oc3ccccc3C43c4ccccc4-c4cc(-c5ccc(-c6ccccc6)c(-c6nc(-c7ccccc7)nc(-c7ccc8c(c7)Oc7ccccc7C87c8ccccc8-c8ccccc87)n6)c5)ccc43)nc(-c3ccc4c(c3)oc3ccccc34)n2)cc1. The molecular formula is C92H54N6O3. The van der Waals surface area contributed by atoms with Crippen molar-refractivity contribution in [3.63, 3.8) is 0 Å². The minimum absolute atomic E-state index is 0.521. The molecule has 4 aliphatic rings. The first kappa shape index (κ1) is 56.7. The van der Waals surface area contributed by atoms with Crippen molar-refractivity contribution in [2.24, 2.45) is 0 Å². The Bertz CT molecular complexity index is 6260. The molecular weight excluding hydrogens is 1240 g/mol. The van der Waals surface area contributed by atoms with Crippen LogP contribution in [0.5, 0.6) is 23.0 Å². The number of para-hydroxylation sites is 3. The fourth-order valence-electron chi connectivity index (χ4n) is 16.6. The van der Waals surface area contributed by atoms with E-state index in [1.165, 1.54) is 27.8 Å². The summed E-state index contributed by atoms with van der Waals surface area (Å²) in [4.78, 5) is 31.9. The van der Waals surface area contributed by atoms with Gasteiger partial charge in [0.05, 0.1) is 10.8 Å². The highest BCUT2D eigenvalue weighted by Crippen LogP contribution is 2.64. The third-order valence-corrected chi connectivity index (χ3v) is 21.0. The molecule has 2 aliphatic carbocycles. The van der Waals surface area contributed by atoms with E-state index in [0.717, 1.165) is 140 Å². The molecule has 2 spiro atoms. The number of hydrogen-bond acceptors (Lipinski definition) is 9. The Labute approximate surface area is 581 Å². The van der Waals surface area contributed by atoms with Crippen molar-refractivity contribution in [1.29, 1.82) is 0 Å². The minimum atomic E-state index is -0.760. The van der Waals surface area contributed by atoms with E-state index >= 15 is 0 Å². The number of nitrogens with zero attached hydrogens (tertiary/aromatic N) is 6. The molecule has 101 heavy (non-hydrogen) atoms. The van der Waals surface area contributed by atoms with E-state index in [-0.39, 0.29) is 0 Å². The van der Waals surface area contributed by atoms with E-state index in [1.54, 1.807) is 0 Å². The number of aromatic nitrogens is 6. The summed E-state index contributed by atoms with van der Waals surface area (Å²) >= 11 is 0. The average molecular weight is 1290 g/mol. The van der Waals surface area contributed by atoms with Gasteiger partial charge in [0.2, 0.25) is 0 Å². The maximum atomic E-state index is 7.11. The number of hydrogen-bond donors (Lipinski definition) is 0. The topological polar surface area (TPSA) is 109 Å². The molecule has 0 saturated carbocycles. The molecule has 2 aliphatic heterocycles. The van der Waals surface area contributed by atoms with Gasteiger partial charge in [-0.1, -0.05) is 273 Å². The van der Waals surface area contributed by atoms with E-state index in [2.05, 4.69) is 255 Å². The Hall–Kier alpha value is -13.5. The normalized spacial score (nSPS) is 14.4. The van der Waals surface area contributed by atoms with Crippen LogP contribution in [-0.4, -0.2) is 29.9 Å². The summed E-state index contributed by atoms with van der Waals surface area (Å²) in [5, 5.41) is 2.10. The standard InChI is InChI=1S/C92H54N6O3/c1-4-22-55(23-5-1)63-45-40-58(51-70(63)90-97-86(57-26-8-3-9-27-57)95-89(98-90)62-44-48-77-83(54-62)100-80-38-20-17-35-75(80)91(77)71-32-14-10-28-64(71)65-29-11-15-33-72(65)91)59-42-47-74-69(50-59)66-30-12-16-34-73(66)92(74)76-36-18-21-39-81(76)101-84-53-61(43-49-78(84)92)88-94-85(56-24-6-2-7-25-56)93-87(96-88)60-41-46-68-67-31-13-19-37-79(67)99-82(68)52-60/h1-54H. The number of rotatable bonds is 8. The minimum Gasteiger partial charge on any atom is -0.457 e. The highest BCUT2D eigenvalue weighted by Gasteiger charge is 2.53. The van der Waals surface area contributed by atoms with Crippen molar-refractivity contribution in [1.82, 2.24) is 29.9 Å². The van der Waals surface area contributed by atoms with Gasteiger partial charge in [-0.15, -0.1) is 0 Å². The summed E-state index contributed by atoms with van der Waals surface area (Å²) in [6.45, 7) is 0. The molecule has 1 unspecified atom stereocenters. The number of fused-ring (bicyclic) bond motifs is 21. The first-order valence-corrected chi connectivity index (χ1v) is 34.0. The summed E-state index contributed by atoms with van der Waals surface area (Å²) in [6.07, 6.45) is 0. The van der Waals surface area contributed by atoms with Crippen molar-refractivity contribution < 1.29 is 13.9 Å². The molecule has 17 aromatic rings. The Kier molecular flexibility index (Phi) is 12.3. The van der Waals surface area contributed by atoms with Crippen LogP contribution < -0.4 is 9.47 Å². The molecule has 0 fully saturated rings. The smallest absolute Gasteiger partial charge is 0.164 e. The zero-order valence-corrected chi connectivity index (χ0v) is 54.1. The van der Waals surface area contributed by atoms with E-state index in [9.17, 15) is 0 Å². The predicted molar refractivity (Wildman–Crippen MR) is 399 cm³/mol. The number of ether oxygens (including phenoxy) is 2. The highest BCUT2D eigenvalue weighted by atomic mass is 16.5. The summed E-state index contributed by atoms with van der Waals surface area (Å²) in [6, 6.07) is 115. The van der Waals surface area contributed by atoms with Gasteiger partial charge in [-0.3, -0.25) is 0 Å². The Morgan fingerprint density at radius 2 is 0.545 bits per heavy atom. The zero-order valence-electron chi connectivity index (χ0n) is 54.1. The van der Waals surface area contributed by atoms with Crippen molar-refractivity contribution >= 4 is 21.9 Å². The van der Waals surface area contributed by atoms with Crippen molar-refractivity contribution in [2.75, 3.05) is 0 Å². The van der Waals surface area contributed by atoms with Gasteiger partial charge in [-0.05, 0) is 121 Å². The van der Waals surface area contributed by atoms with Crippen LogP contribution in [-0.2, 0) is 10.8 Å². The molecule has 14 aromatic carbocycles. The second kappa shape index (κ2) is 22.0. The second-order valence-electron chi connectivity index (χ2n) is 26.3. The third-order valence-electron chi connectivity index (χ3n) is 21.0. The van der Waals surface area contributed by atoms with Crippen LogP contribution in [0.3, 0.4) is 0 Å². The van der Waals surface area contributed by atoms with Crippen LogP contribution in [0.15, 0.2) is 332 Å². The van der Waals surface area contributed by atoms with Crippen LogP contribution in [0.25, 0.3) is 135 Å². The molecule has 3 aromatic heterocycles. The Morgan fingerprint density at radius 3 is 1.09 bits per heavy atom. The highest BCUT2D eigenvalue weighted by molar-refractivity contribution is 6.06. The molecule has 21 rings (SSSR count). The fraction of sp³-hybridized carbons (Fsp3) is 0.0217. The first-order valence-electron chi connectivity index (χ1n) is 34.0. The van der Waals surface area contributed by atoms with E-state index < -0.39 is 10.8 Å². The van der Waals surface area contributed by atoms with Crippen LogP contribution in [0.2, 0.25) is 0 Å². The Balaban J connectivity index is 0.704. The van der Waals surface area contributed by atoms with Crippen molar-refractivity contribution in [3.8, 4) is 136 Å². The molecule has 0 saturated heterocycles. The van der Waals surface area contributed by atoms with Crippen molar-refractivity contribution in [2.45, 2.75) is 10.8 Å². The number of benzene rings is 14. The molecule has 9 nitrogen and oxygen atoms in total. The van der Waals surface area contributed by atoms with E-state index in [1.807, 2.05) is 72.8 Å². The summed E-state index contributed by atoms with van der Waals surface area (Å²) in [5.41, 5.74) is 23.1. The molecule has 470 valence electrons. The fourth-order valence-corrected chi connectivity index (χ4v) is 16.6. The van der Waals surface area contributed by atoms with Gasteiger partial charge < -0.3 is 13.9 Å². The molecule has 0 bridgehead atoms. The molecule has 5 heterocycles. The molecule has 1 atom stereocenters. The van der Waals surface area contributed by atoms with E-state index in [4.69, 9.17) is 43.8 Å². The van der Waals surface area contributed by atoms with Crippen LogP contribution in [0, 0.1) is 0 Å². The summed E-state index contributed by atoms with van der Waals surface area (Å²) in [7, 11) is 0. The lowest BCUT2D eigenvalue weighted by molar-refractivity contribution is 0.436. The summed E-state index contributed by atoms with van der Waals surface area (Å²) in [5.74, 6) is 6.31. The van der Waals surface area contributed by atoms with Crippen LogP contribution in [0.1, 0.15) is 44.5 Å². The van der Waals surface area contributed by atoms with Gasteiger partial charge >= 0.3 is 0 Å². The molecule has 0 radical (unpaired) electrons. The maximum absolute atomic E-state index is 7.11. The maximum Gasteiger partial charge on any atom is 0.164 e. The van der Waals surface area contributed by atoms with Gasteiger partial charge in [0.1, 0.15) is 34.2 Å². The van der Waals surface area contributed by atoms with Crippen LogP contribution in [0.4, 0.5) is 0 Å². The predicted octanol–water partition coefficient (Wildman–Crippen LogP) is 22.2. The number of furan rings is 1. The molecule has 0 N–H and O–H groups in total. The third kappa shape index (κ3) is 8.50. The van der Waals surface area contributed by atoms with E-state index in [0.29, 0.717) is 34.9 Å². The first-order chi connectivity index (χ1) is 50.0. The second-order valence-corrected chi connectivity index (χ2v) is 26.3. The lowest BCUT2D eigenvalue weighted by atomic mass is 9.66. The van der Waals surface area contributed by atoms with Gasteiger partial charge in [0.25, 0.3) is 0 Å². The van der Waals surface area contributed by atoms with Gasteiger partial charge in [-0.2, -0.15) is 0 Å². The molecule has 0 amide bonds. The average Bonchev–Trinajstić information content (AvgIpc) is 1.59. The molecule has 9 heteroatoms. The quantitative estimate of drug-likeness (QED) is 0.147. The van der Waals surface area contributed by atoms with Crippen molar-refractivity contribution in [3.05, 3.63) is 372 Å². The summed E-state index contributed by atoms with van der Waals surface area (Å²) < 4.78 is 20.5. The van der Waals surface area contributed by atoms with Crippen LogP contribution >= 0.6 is 0 Å². The largest absolute Gasteiger partial charge is 0.457 e. The monoisotopic (exact) mass is 1290 g/mol. The Morgan fingerprint density at radius 1 is 0.188 bits per heavy atom.